The molecule has 16 valence electrons. The van der Waals surface area contributed by atoms with Crippen LogP contribution in [0.2, 0.25) is 0 Å². The van der Waals surface area contributed by atoms with Crippen LogP contribution in [0.5, 0.6) is 0 Å². The van der Waals surface area contributed by atoms with Crippen molar-refractivity contribution in [3.63, 3.8) is 0 Å². The first-order valence-electron chi connectivity index (χ1n) is 0. The number of hydrogen-bond donors (Lipinski definition) is 0. The van der Waals surface area contributed by atoms with Crippen LogP contribution in [0.15, 0.2) is 0 Å². The summed E-state index contributed by atoms with van der Waals surface area (Å²) < 4.78 is 0. The molecule has 0 N–H and O–H groups in total. The Morgan fingerprint density at radius 3 is 0.800 bits per heavy atom. The van der Waals surface area contributed by atoms with E-state index in [-0.39, 0.29) is 78.0 Å². The van der Waals surface area contributed by atoms with Gasteiger partial charge in [0.2, 0.25) is 0 Å². The molecule has 0 aromatic rings. The molecule has 2 nitrogen and oxygen atoms in total. The summed E-state index contributed by atoms with van der Waals surface area (Å²) in [5.74, 6) is 0. The van der Waals surface area contributed by atoms with Crippen molar-refractivity contribution in [3.05, 3.63) is 0 Å². The fraction of sp³-hybridized carbons (Fsp3) is 0. The van der Waals surface area contributed by atoms with E-state index in [9.17, 15) is 0 Å². The first-order valence-corrected chi connectivity index (χ1v) is 0. The molecule has 0 saturated heterocycles. The maximum atomic E-state index is 0. The Kier molecular flexibility index (Phi) is 421. The zero-order valence-corrected chi connectivity index (χ0v) is 10.4. The molecule has 0 aromatic carbocycles. The minimum atomic E-state index is 0. The third-order valence-electron chi connectivity index (χ3n) is 0. The Bertz CT molecular complexity index is 9.61. The molecule has 0 aliphatic heterocycles. The SMILES string of the molecule is [In+3].[O-2].[O-2].[Ti+4].[Zn+2]. The second kappa shape index (κ2) is 35.6. The van der Waals surface area contributed by atoms with Crippen LogP contribution in [-0.4, -0.2) is 25.8 Å². The molecular weight excluding hydrogens is 260 g/mol. The van der Waals surface area contributed by atoms with Crippen molar-refractivity contribution in [2.24, 2.45) is 0 Å². The van der Waals surface area contributed by atoms with Crippen molar-refractivity contribution in [3.8, 4) is 0 Å². The van der Waals surface area contributed by atoms with E-state index in [1.807, 2.05) is 0 Å². The first kappa shape index (κ1) is 59.1. The van der Waals surface area contributed by atoms with Crippen LogP contribution in [0, 0.1) is 0 Å². The van der Waals surface area contributed by atoms with E-state index in [1.54, 1.807) is 0 Å². The molecule has 5 heteroatoms. The molecular formula is InO2TiZn+5. The maximum absolute atomic E-state index is 0. The molecule has 0 aromatic heterocycles. The summed E-state index contributed by atoms with van der Waals surface area (Å²) in [7, 11) is 0. The molecule has 0 fully saturated rings. The molecule has 0 aliphatic carbocycles. The van der Waals surface area contributed by atoms with Gasteiger partial charge in [-0.1, -0.05) is 0 Å². The minimum absolute atomic E-state index is 0. The Morgan fingerprint density at radius 2 is 0.800 bits per heavy atom. The van der Waals surface area contributed by atoms with Crippen molar-refractivity contribution in [2.75, 3.05) is 0 Å². The van der Waals surface area contributed by atoms with Gasteiger partial charge in [0.1, 0.15) is 0 Å². The van der Waals surface area contributed by atoms with E-state index in [1.165, 1.54) is 0 Å². The molecule has 0 radical (unpaired) electrons. The van der Waals surface area contributed by atoms with Gasteiger partial charge in [-0.25, -0.2) is 0 Å². The Labute approximate surface area is 77.1 Å². The fourth-order valence-electron chi connectivity index (χ4n) is 0. The van der Waals surface area contributed by atoms with Gasteiger partial charge in [0.15, 0.2) is 0 Å². The van der Waals surface area contributed by atoms with Crippen molar-refractivity contribution < 1.29 is 52.1 Å². The van der Waals surface area contributed by atoms with Crippen LogP contribution in [0.3, 0.4) is 0 Å². The average molecular weight is 260 g/mol. The summed E-state index contributed by atoms with van der Waals surface area (Å²) in [5.41, 5.74) is 0. The molecule has 0 heterocycles. The monoisotopic (exact) mass is 259 g/mol. The van der Waals surface area contributed by atoms with Crippen LogP contribution >= 0.6 is 0 Å². The van der Waals surface area contributed by atoms with Crippen molar-refractivity contribution >= 4 is 25.8 Å². The topological polar surface area (TPSA) is 57.0 Å². The normalized spacial score (nSPS) is 0. The summed E-state index contributed by atoms with van der Waals surface area (Å²) >= 11 is 0. The van der Waals surface area contributed by atoms with Crippen molar-refractivity contribution in [1.82, 2.24) is 0 Å². The average Bonchev–Trinajstić information content (AvgIpc) is 0. The smallest absolute Gasteiger partial charge is 2.00 e. The predicted molar refractivity (Wildman–Crippen MR) is 7.13 cm³/mol. The van der Waals surface area contributed by atoms with E-state index in [4.69, 9.17) is 0 Å². The van der Waals surface area contributed by atoms with Crippen LogP contribution in [-0.2, 0) is 52.1 Å². The number of rotatable bonds is 0. The third kappa shape index (κ3) is 23.1. The maximum Gasteiger partial charge on any atom is 4.00 e. The van der Waals surface area contributed by atoms with E-state index >= 15 is 0 Å². The van der Waals surface area contributed by atoms with Gasteiger partial charge < -0.3 is 11.0 Å². The molecule has 0 spiro atoms. The van der Waals surface area contributed by atoms with E-state index in [0.29, 0.717) is 0 Å². The van der Waals surface area contributed by atoms with Crippen LogP contribution < -0.4 is 0 Å². The summed E-state index contributed by atoms with van der Waals surface area (Å²) in [6.07, 6.45) is 0. The van der Waals surface area contributed by atoms with Gasteiger partial charge >= 0.3 is 67.0 Å². The Morgan fingerprint density at radius 1 is 0.800 bits per heavy atom. The van der Waals surface area contributed by atoms with Gasteiger partial charge in [0.25, 0.3) is 0 Å². The molecule has 0 aliphatic rings. The molecule has 0 bridgehead atoms. The third-order valence-corrected chi connectivity index (χ3v) is 0. The van der Waals surface area contributed by atoms with E-state index in [0.717, 1.165) is 0 Å². The molecule has 0 atom stereocenters. The second-order valence-corrected chi connectivity index (χ2v) is 0. The van der Waals surface area contributed by atoms with Crippen molar-refractivity contribution in [1.29, 1.82) is 0 Å². The van der Waals surface area contributed by atoms with Gasteiger partial charge in [-0.3, -0.25) is 0 Å². The van der Waals surface area contributed by atoms with Gasteiger partial charge in [0.05, 0.1) is 0 Å². The minimum Gasteiger partial charge on any atom is -2.00 e. The largest absolute Gasteiger partial charge is 4.00 e. The van der Waals surface area contributed by atoms with Gasteiger partial charge in [-0.05, 0) is 0 Å². The zero-order valence-electron chi connectivity index (χ0n) is 2.60. The molecule has 0 amide bonds. The fourth-order valence-corrected chi connectivity index (χ4v) is 0. The molecule has 0 rings (SSSR count). The van der Waals surface area contributed by atoms with Crippen LogP contribution in [0.25, 0.3) is 0 Å². The predicted octanol–water partition coefficient (Wildman–Crippen LogP) is -0.623. The summed E-state index contributed by atoms with van der Waals surface area (Å²) in [6, 6.07) is 0. The zero-order chi connectivity index (χ0) is 0. The summed E-state index contributed by atoms with van der Waals surface area (Å²) in [4.78, 5) is 0. The van der Waals surface area contributed by atoms with Crippen molar-refractivity contribution in [2.45, 2.75) is 0 Å². The number of hydrogen-bond acceptors (Lipinski definition) is 0. The Balaban J connectivity index is 0. The summed E-state index contributed by atoms with van der Waals surface area (Å²) in [6.45, 7) is 0. The van der Waals surface area contributed by atoms with E-state index in [2.05, 4.69) is 0 Å². The van der Waals surface area contributed by atoms with Crippen LogP contribution in [0.4, 0.5) is 0 Å². The van der Waals surface area contributed by atoms with E-state index < -0.39 is 0 Å². The molecule has 5 heavy (non-hydrogen) atoms. The van der Waals surface area contributed by atoms with Gasteiger partial charge in [-0.2, -0.15) is 0 Å². The molecule has 0 unspecified atom stereocenters. The van der Waals surface area contributed by atoms with Gasteiger partial charge in [-0.15, -0.1) is 0 Å². The first-order chi connectivity index (χ1) is 0. The quantitative estimate of drug-likeness (QED) is 0.521. The van der Waals surface area contributed by atoms with Crippen LogP contribution in [0.1, 0.15) is 0 Å². The molecule has 0 saturated carbocycles. The standard InChI is InChI=1S/In.2O.Ti.Zn/q+3;2*-2;+4;+2. The second-order valence-electron chi connectivity index (χ2n) is 0. The summed E-state index contributed by atoms with van der Waals surface area (Å²) in [5, 5.41) is 0. The Hall–Kier alpha value is 2.13. The van der Waals surface area contributed by atoms with Gasteiger partial charge in [0, 0.05) is 0 Å².